The summed E-state index contributed by atoms with van der Waals surface area (Å²) >= 11 is 5.87. The van der Waals surface area contributed by atoms with E-state index >= 15 is 0 Å². The van der Waals surface area contributed by atoms with Crippen LogP contribution in [0.5, 0.6) is 0 Å². The Morgan fingerprint density at radius 3 is 2.56 bits per heavy atom. The third kappa shape index (κ3) is 1.91. The lowest BCUT2D eigenvalue weighted by atomic mass is 10.0. The molecule has 0 amide bonds. The molecule has 4 N–H and O–H groups in total. The predicted molar refractivity (Wildman–Crippen MR) is 62.6 cm³/mol. The highest BCUT2D eigenvalue weighted by Crippen LogP contribution is 2.25. The average Bonchev–Trinajstić information content (AvgIpc) is 2.77. The second-order valence-electron chi connectivity index (χ2n) is 3.36. The first-order valence-corrected chi connectivity index (χ1v) is 5.13. The number of ketones is 1. The number of H-pyrrole nitrogens is 1. The molecule has 0 saturated carbocycles. The molecule has 0 atom stereocenters. The number of aromatic amines is 1. The van der Waals surface area contributed by atoms with Gasteiger partial charge in [-0.1, -0.05) is 17.7 Å². The molecule has 0 saturated heterocycles. The van der Waals surface area contributed by atoms with E-state index in [0.29, 0.717) is 0 Å². The molecular formula is C10H7ClN4O3. The monoisotopic (exact) mass is 266 g/mol. The summed E-state index contributed by atoms with van der Waals surface area (Å²) in [5.74, 6) is -2.05. The Morgan fingerprint density at radius 2 is 1.94 bits per heavy atom. The largest absolute Gasteiger partial charge is 0.476 e. The Morgan fingerprint density at radius 1 is 1.28 bits per heavy atom. The molecule has 0 spiro atoms. The van der Waals surface area contributed by atoms with Gasteiger partial charge in [-0.2, -0.15) is 10.3 Å². The molecule has 18 heavy (non-hydrogen) atoms. The van der Waals surface area contributed by atoms with Gasteiger partial charge in [0.1, 0.15) is 0 Å². The van der Waals surface area contributed by atoms with Crippen molar-refractivity contribution in [3.63, 3.8) is 0 Å². The number of carbonyl (C=O) groups is 2. The third-order valence-electron chi connectivity index (χ3n) is 2.24. The number of nitrogens with one attached hydrogen (secondary N) is 1. The van der Waals surface area contributed by atoms with Crippen LogP contribution >= 0.6 is 11.6 Å². The average molecular weight is 267 g/mol. The standard InChI is InChI=1S/C10H7ClN4O3/c11-4-2-1-3-5(12)6(4)9(16)7-8(10(17)18)14-15-13-7/h1-3H,12H2,(H,17,18)(H,13,14,15). The van der Waals surface area contributed by atoms with Crippen molar-refractivity contribution >= 4 is 29.0 Å². The van der Waals surface area contributed by atoms with Crippen molar-refractivity contribution in [1.29, 1.82) is 0 Å². The van der Waals surface area contributed by atoms with Gasteiger partial charge in [0.15, 0.2) is 5.69 Å². The number of benzene rings is 1. The summed E-state index contributed by atoms with van der Waals surface area (Å²) in [4.78, 5) is 23.0. The summed E-state index contributed by atoms with van der Waals surface area (Å²) in [6.45, 7) is 0. The van der Waals surface area contributed by atoms with E-state index in [1.54, 1.807) is 6.07 Å². The van der Waals surface area contributed by atoms with Crippen LogP contribution in [-0.2, 0) is 0 Å². The molecule has 0 bridgehead atoms. The van der Waals surface area contributed by atoms with Gasteiger partial charge in [0.2, 0.25) is 11.5 Å². The summed E-state index contributed by atoms with van der Waals surface area (Å²) in [7, 11) is 0. The number of nitrogen functional groups attached to an aromatic ring is 1. The Kier molecular flexibility index (Phi) is 2.99. The number of carboxylic acids is 1. The van der Waals surface area contributed by atoms with Crippen molar-refractivity contribution in [2.24, 2.45) is 0 Å². The normalized spacial score (nSPS) is 10.3. The van der Waals surface area contributed by atoms with Crippen LogP contribution in [0.25, 0.3) is 0 Å². The minimum atomic E-state index is -1.36. The number of aromatic nitrogens is 3. The number of carbonyl (C=O) groups excluding carboxylic acids is 1. The number of rotatable bonds is 3. The van der Waals surface area contributed by atoms with Crippen molar-refractivity contribution < 1.29 is 14.7 Å². The van der Waals surface area contributed by atoms with Crippen molar-refractivity contribution in [1.82, 2.24) is 15.4 Å². The minimum absolute atomic E-state index is 0.00978. The Hall–Kier alpha value is -2.41. The SMILES string of the molecule is Nc1cccc(Cl)c1C(=O)c1n[nH]nc1C(=O)O. The fourth-order valence-electron chi connectivity index (χ4n) is 1.44. The van der Waals surface area contributed by atoms with Crippen LogP contribution in [0.2, 0.25) is 5.02 Å². The molecular weight excluding hydrogens is 260 g/mol. The van der Waals surface area contributed by atoms with E-state index in [1.807, 2.05) is 0 Å². The van der Waals surface area contributed by atoms with E-state index in [0.717, 1.165) is 0 Å². The van der Waals surface area contributed by atoms with E-state index in [9.17, 15) is 9.59 Å². The number of anilines is 1. The Labute approximate surface area is 106 Å². The zero-order valence-electron chi connectivity index (χ0n) is 8.85. The van der Waals surface area contributed by atoms with Crippen LogP contribution in [-0.4, -0.2) is 32.3 Å². The van der Waals surface area contributed by atoms with Crippen LogP contribution in [0.4, 0.5) is 5.69 Å². The second-order valence-corrected chi connectivity index (χ2v) is 3.77. The highest BCUT2D eigenvalue weighted by atomic mass is 35.5. The van der Waals surface area contributed by atoms with Crippen LogP contribution < -0.4 is 5.73 Å². The van der Waals surface area contributed by atoms with Crippen LogP contribution in [0, 0.1) is 0 Å². The van der Waals surface area contributed by atoms with Gasteiger partial charge < -0.3 is 10.8 Å². The maximum atomic E-state index is 12.1. The molecule has 1 aromatic heterocycles. The van der Waals surface area contributed by atoms with Gasteiger partial charge >= 0.3 is 5.97 Å². The molecule has 2 aromatic rings. The molecule has 0 unspecified atom stereocenters. The molecule has 8 heteroatoms. The van der Waals surface area contributed by atoms with E-state index < -0.39 is 17.4 Å². The van der Waals surface area contributed by atoms with Gasteiger partial charge in [0, 0.05) is 5.69 Å². The molecule has 7 nitrogen and oxygen atoms in total. The molecule has 0 fully saturated rings. The molecule has 1 heterocycles. The van der Waals surface area contributed by atoms with Gasteiger partial charge in [-0.15, -0.1) is 5.10 Å². The summed E-state index contributed by atoms with van der Waals surface area (Å²) in [6.07, 6.45) is 0. The van der Waals surface area contributed by atoms with Gasteiger partial charge in [0.25, 0.3) is 0 Å². The number of hydrogen-bond acceptors (Lipinski definition) is 5. The van der Waals surface area contributed by atoms with Crippen molar-refractivity contribution in [2.75, 3.05) is 5.73 Å². The first-order valence-electron chi connectivity index (χ1n) is 4.75. The fourth-order valence-corrected chi connectivity index (χ4v) is 1.70. The highest BCUT2D eigenvalue weighted by Gasteiger charge is 2.25. The molecule has 92 valence electrons. The lowest BCUT2D eigenvalue weighted by Crippen LogP contribution is -2.12. The molecule has 1 aromatic carbocycles. The zero-order chi connectivity index (χ0) is 13.3. The van der Waals surface area contributed by atoms with Crippen LogP contribution in [0.15, 0.2) is 18.2 Å². The van der Waals surface area contributed by atoms with Gasteiger partial charge in [0.05, 0.1) is 10.6 Å². The summed E-state index contributed by atoms with van der Waals surface area (Å²) in [5.41, 5.74) is 4.99. The molecule has 0 aliphatic carbocycles. The van der Waals surface area contributed by atoms with Gasteiger partial charge in [-0.3, -0.25) is 4.79 Å². The number of hydrogen-bond donors (Lipinski definition) is 3. The van der Waals surface area contributed by atoms with Gasteiger partial charge in [-0.25, -0.2) is 4.79 Å². The maximum absolute atomic E-state index is 12.1. The Bertz CT molecular complexity index is 618. The number of nitrogens with zero attached hydrogens (tertiary/aromatic N) is 2. The maximum Gasteiger partial charge on any atom is 0.358 e. The van der Waals surface area contributed by atoms with E-state index in [2.05, 4.69) is 15.4 Å². The molecule has 0 aliphatic heterocycles. The first kappa shape index (κ1) is 12.1. The number of halogens is 1. The summed E-state index contributed by atoms with van der Waals surface area (Å²) in [6, 6.07) is 4.54. The topological polar surface area (TPSA) is 122 Å². The third-order valence-corrected chi connectivity index (χ3v) is 2.55. The molecule has 0 radical (unpaired) electrons. The van der Waals surface area contributed by atoms with E-state index in [-0.39, 0.29) is 22.0 Å². The van der Waals surface area contributed by atoms with Crippen LogP contribution in [0.3, 0.4) is 0 Å². The lowest BCUT2D eigenvalue weighted by Gasteiger charge is -2.04. The smallest absolute Gasteiger partial charge is 0.358 e. The number of nitrogens with two attached hydrogens (primary N) is 1. The second kappa shape index (κ2) is 4.46. The zero-order valence-corrected chi connectivity index (χ0v) is 9.60. The highest BCUT2D eigenvalue weighted by molar-refractivity contribution is 6.36. The summed E-state index contributed by atoms with van der Waals surface area (Å²) < 4.78 is 0. The van der Waals surface area contributed by atoms with Crippen molar-refractivity contribution in [2.45, 2.75) is 0 Å². The quantitative estimate of drug-likeness (QED) is 0.562. The first-order chi connectivity index (χ1) is 8.52. The van der Waals surface area contributed by atoms with E-state index in [4.69, 9.17) is 22.4 Å². The van der Waals surface area contributed by atoms with Crippen molar-refractivity contribution in [3.05, 3.63) is 40.2 Å². The minimum Gasteiger partial charge on any atom is -0.476 e. The predicted octanol–water partition coefficient (Wildman–Crippen LogP) is 0.970. The number of carboxylic acid groups (broad SMARTS) is 1. The van der Waals surface area contributed by atoms with Crippen molar-refractivity contribution in [3.8, 4) is 0 Å². The Balaban J connectivity index is 2.55. The molecule has 2 rings (SSSR count). The molecule has 0 aliphatic rings. The number of aromatic carboxylic acids is 1. The van der Waals surface area contributed by atoms with Gasteiger partial charge in [-0.05, 0) is 12.1 Å². The van der Waals surface area contributed by atoms with Crippen LogP contribution in [0.1, 0.15) is 26.5 Å². The summed E-state index contributed by atoms with van der Waals surface area (Å²) in [5, 5.41) is 18.0. The fraction of sp³-hybridized carbons (Fsp3) is 0. The lowest BCUT2D eigenvalue weighted by molar-refractivity contribution is 0.0686. The van der Waals surface area contributed by atoms with E-state index in [1.165, 1.54) is 12.1 Å².